The number of rotatable bonds is 4. The Morgan fingerprint density at radius 3 is 2.84 bits per heavy atom. The Morgan fingerprint density at radius 2 is 2.26 bits per heavy atom. The highest BCUT2D eigenvalue weighted by atomic mass is 19.1. The van der Waals surface area contributed by atoms with Crippen molar-refractivity contribution in [2.45, 2.75) is 0 Å². The minimum absolute atomic E-state index is 0.436. The van der Waals surface area contributed by atoms with Crippen molar-refractivity contribution < 1.29 is 28.4 Å². The first-order valence-electron chi connectivity index (χ1n) is 4.78. The molecule has 0 saturated heterocycles. The molecule has 0 amide bonds. The molecule has 0 atom stereocenters. The van der Waals surface area contributed by atoms with Gasteiger partial charge in [0.2, 0.25) is 5.75 Å². The van der Waals surface area contributed by atoms with Gasteiger partial charge in [-0.05, 0) is 6.07 Å². The molecule has 0 fully saturated rings. The summed E-state index contributed by atoms with van der Waals surface area (Å²) in [6.45, 7) is 0. The lowest BCUT2D eigenvalue weighted by Gasteiger charge is -2.01. The number of ether oxygens (including phenoxy) is 1. The molecule has 0 unspecified atom stereocenters. The maximum atomic E-state index is 13.0. The van der Waals surface area contributed by atoms with E-state index < -0.39 is 39.9 Å². The number of carbonyl (C=O) groups is 1. The SMILES string of the molecule is O=C(O)c1coc(Oc2cc(F)ccc2[N+](=O)[O-])n1. The molecule has 0 radical (unpaired) electrons. The van der Waals surface area contributed by atoms with Crippen molar-refractivity contribution >= 4 is 11.7 Å². The van der Waals surface area contributed by atoms with Crippen LogP contribution in [0, 0.1) is 15.9 Å². The van der Waals surface area contributed by atoms with Crippen LogP contribution in [0.4, 0.5) is 10.1 Å². The van der Waals surface area contributed by atoms with Crippen molar-refractivity contribution in [2.75, 3.05) is 0 Å². The molecule has 0 bridgehead atoms. The highest BCUT2D eigenvalue weighted by Gasteiger charge is 2.19. The summed E-state index contributed by atoms with van der Waals surface area (Å²) < 4.78 is 22.5. The van der Waals surface area contributed by atoms with Crippen LogP contribution in [-0.2, 0) is 0 Å². The monoisotopic (exact) mass is 268 g/mol. The molecule has 2 rings (SSSR count). The standard InChI is InChI=1S/C10H5FN2O6/c11-5-1-2-7(13(16)17)8(3-5)19-10-12-6(4-18-10)9(14)15/h1-4H,(H,14,15). The molecule has 19 heavy (non-hydrogen) atoms. The number of benzene rings is 1. The van der Waals surface area contributed by atoms with Gasteiger partial charge in [-0.15, -0.1) is 0 Å². The van der Waals surface area contributed by atoms with E-state index in [1.807, 2.05) is 0 Å². The Kier molecular flexibility index (Phi) is 3.10. The summed E-state index contributed by atoms with van der Waals surface area (Å²) in [5.41, 5.74) is -0.939. The van der Waals surface area contributed by atoms with Crippen LogP contribution in [0.1, 0.15) is 10.5 Å². The Morgan fingerprint density at radius 1 is 1.53 bits per heavy atom. The van der Waals surface area contributed by atoms with E-state index in [-0.39, 0.29) is 0 Å². The number of nitrogens with zero attached hydrogens (tertiary/aromatic N) is 2. The summed E-state index contributed by atoms with van der Waals surface area (Å²) in [6, 6.07) is 2.57. The maximum Gasteiger partial charge on any atom is 0.400 e. The van der Waals surface area contributed by atoms with Crippen LogP contribution < -0.4 is 4.74 Å². The number of aromatic nitrogens is 1. The van der Waals surface area contributed by atoms with Crippen LogP contribution in [0.15, 0.2) is 28.9 Å². The first-order valence-corrected chi connectivity index (χ1v) is 4.78. The van der Waals surface area contributed by atoms with E-state index >= 15 is 0 Å². The zero-order chi connectivity index (χ0) is 14.0. The second-order valence-electron chi connectivity index (χ2n) is 3.28. The molecule has 98 valence electrons. The summed E-state index contributed by atoms with van der Waals surface area (Å²) in [5.74, 6) is -2.55. The van der Waals surface area contributed by atoms with E-state index in [4.69, 9.17) is 9.84 Å². The van der Waals surface area contributed by atoms with Crippen LogP contribution in [0.3, 0.4) is 0 Å². The lowest BCUT2D eigenvalue weighted by molar-refractivity contribution is -0.385. The normalized spacial score (nSPS) is 10.2. The van der Waals surface area contributed by atoms with Gasteiger partial charge in [-0.1, -0.05) is 0 Å². The molecule has 8 nitrogen and oxygen atoms in total. The van der Waals surface area contributed by atoms with Gasteiger partial charge < -0.3 is 14.3 Å². The largest absolute Gasteiger partial charge is 0.476 e. The number of oxazole rings is 1. The van der Waals surface area contributed by atoms with Gasteiger partial charge in [-0.3, -0.25) is 10.1 Å². The Balaban J connectivity index is 2.33. The van der Waals surface area contributed by atoms with E-state index in [9.17, 15) is 19.3 Å². The van der Waals surface area contributed by atoms with Crippen molar-refractivity contribution in [3.8, 4) is 11.8 Å². The van der Waals surface area contributed by atoms with E-state index in [1.54, 1.807) is 0 Å². The molecule has 0 aliphatic heterocycles. The van der Waals surface area contributed by atoms with Crippen molar-refractivity contribution in [1.82, 2.24) is 4.98 Å². The van der Waals surface area contributed by atoms with Crippen LogP contribution in [0.2, 0.25) is 0 Å². The summed E-state index contributed by atoms with van der Waals surface area (Å²) in [6.07, 6.45) is 0.258. The maximum absolute atomic E-state index is 13.0. The summed E-state index contributed by atoms with van der Waals surface area (Å²) in [4.78, 5) is 23.9. The average molecular weight is 268 g/mol. The Bertz CT molecular complexity index is 653. The first-order chi connectivity index (χ1) is 8.97. The smallest absolute Gasteiger partial charge is 0.400 e. The summed E-state index contributed by atoms with van der Waals surface area (Å²) in [7, 11) is 0. The lowest BCUT2D eigenvalue weighted by atomic mass is 10.3. The molecule has 1 N–H and O–H groups in total. The molecular formula is C10H5FN2O6. The number of nitro groups is 1. The highest BCUT2D eigenvalue weighted by Crippen LogP contribution is 2.31. The highest BCUT2D eigenvalue weighted by molar-refractivity contribution is 5.84. The second-order valence-corrected chi connectivity index (χ2v) is 3.28. The molecule has 1 heterocycles. The molecule has 0 saturated carbocycles. The number of halogens is 1. The van der Waals surface area contributed by atoms with Crippen molar-refractivity contribution in [2.24, 2.45) is 0 Å². The van der Waals surface area contributed by atoms with Gasteiger partial charge in [-0.2, -0.15) is 4.98 Å². The Hall–Kier alpha value is -2.97. The van der Waals surface area contributed by atoms with Gasteiger partial charge in [0.1, 0.15) is 12.1 Å². The van der Waals surface area contributed by atoms with Gasteiger partial charge in [-0.25, -0.2) is 9.18 Å². The molecule has 2 aromatic rings. The fourth-order valence-corrected chi connectivity index (χ4v) is 1.22. The summed E-state index contributed by atoms with van der Waals surface area (Å²) >= 11 is 0. The van der Waals surface area contributed by atoms with Crippen molar-refractivity contribution in [3.05, 3.63) is 46.1 Å². The number of nitro benzene ring substituents is 1. The Labute approximate surface area is 104 Å². The van der Waals surface area contributed by atoms with Crippen molar-refractivity contribution in [3.63, 3.8) is 0 Å². The quantitative estimate of drug-likeness (QED) is 0.667. The minimum Gasteiger partial charge on any atom is -0.476 e. The fraction of sp³-hybridized carbons (Fsp3) is 0. The van der Waals surface area contributed by atoms with Gasteiger partial charge in [0.15, 0.2) is 5.69 Å². The van der Waals surface area contributed by atoms with Crippen molar-refractivity contribution in [1.29, 1.82) is 0 Å². The predicted octanol–water partition coefficient (Wildman–Crippen LogP) is 2.21. The second kappa shape index (κ2) is 4.72. The number of hydrogen-bond donors (Lipinski definition) is 1. The van der Waals surface area contributed by atoms with Crippen LogP contribution in [0.5, 0.6) is 11.8 Å². The van der Waals surface area contributed by atoms with Crippen LogP contribution >= 0.6 is 0 Å². The van der Waals surface area contributed by atoms with Crippen LogP contribution in [0.25, 0.3) is 0 Å². The number of carboxylic acids is 1. The number of aromatic carboxylic acids is 1. The molecule has 1 aromatic heterocycles. The zero-order valence-corrected chi connectivity index (χ0v) is 9.07. The van der Waals surface area contributed by atoms with Crippen LogP contribution in [-0.4, -0.2) is 21.0 Å². The summed E-state index contributed by atoms with van der Waals surface area (Å²) in [5, 5.41) is 19.3. The molecule has 1 aromatic carbocycles. The third-order valence-electron chi connectivity index (χ3n) is 2.02. The van der Waals surface area contributed by atoms with E-state index in [0.717, 1.165) is 24.5 Å². The van der Waals surface area contributed by atoms with Gasteiger partial charge >= 0.3 is 17.7 Å². The number of hydrogen-bond acceptors (Lipinski definition) is 6. The van der Waals surface area contributed by atoms with Gasteiger partial charge in [0, 0.05) is 12.1 Å². The van der Waals surface area contributed by atoms with Gasteiger partial charge in [0.25, 0.3) is 0 Å². The molecule has 9 heteroatoms. The minimum atomic E-state index is -1.35. The van der Waals surface area contributed by atoms with E-state index in [1.165, 1.54) is 0 Å². The predicted molar refractivity (Wildman–Crippen MR) is 56.6 cm³/mol. The molecular weight excluding hydrogens is 263 g/mol. The third-order valence-corrected chi connectivity index (χ3v) is 2.02. The fourth-order valence-electron chi connectivity index (χ4n) is 1.22. The molecule has 0 aliphatic carbocycles. The topological polar surface area (TPSA) is 116 Å². The third kappa shape index (κ3) is 2.65. The number of carboxylic acid groups (broad SMARTS) is 1. The molecule has 0 spiro atoms. The van der Waals surface area contributed by atoms with E-state index in [0.29, 0.717) is 0 Å². The average Bonchev–Trinajstić information content (AvgIpc) is 2.77. The lowest BCUT2D eigenvalue weighted by Crippen LogP contribution is -1.97. The molecule has 0 aliphatic rings. The van der Waals surface area contributed by atoms with E-state index in [2.05, 4.69) is 9.40 Å². The first kappa shape index (κ1) is 12.5. The van der Waals surface area contributed by atoms with Gasteiger partial charge in [0.05, 0.1) is 4.92 Å². The zero-order valence-electron chi connectivity index (χ0n) is 9.07.